The molecule has 5 heteroatoms. The van der Waals surface area contributed by atoms with E-state index in [9.17, 15) is 9.50 Å². The molecule has 1 atom stereocenters. The van der Waals surface area contributed by atoms with Crippen LogP contribution in [0.3, 0.4) is 0 Å². The minimum Gasteiger partial charge on any atom is -0.394 e. The van der Waals surface area contributed by atoms with E-state index in [1.165, 1.54) is 12.1 Å². The van der Waals surface area contributed by atoms with E-state index < -0.39 is 0 Å². The van der Waals surface area contributed by atoms with Crippen LogP contribution in [-0.2, 0) is 0 Å². The van der Waals surface area contributed by atoms with Crippen molar-refractivity contribution < 1.29 is 9.50 Å². The highest BCUT2D eigenvalue weighted by atomic mass is 79.9. The summed E-state index contributed by atoms with van der Waals surface area (Å²) in [5, 5.41) is 12.7. The third kappa shape index (κ3) is 3.81. The van der Waals surface area contributed by atoms with E-state index in [1.807, 2.05) is 31.2 Å². The molecule has 0 aliphatic rings. The van der Waals surface area contributed by atoms with Crippen molar-refractivity contribution in [3.8, 4) is 0 Å². The first-order chi connectivity index (χ1) is 9.49. The molecule has 20 heavy (non-hydrogen) atoms. The zero-order valence-electron chi connectivity index (χ0n) is 10.8. The summed E-state index contributed by atoms with van der Waals surface area (Å²) in [7, 11) is 0. The van der Waals surface area contributed by atoms with E-state index in [0.717, 1.165) is 20.1 Å². The predicted molar refractivity (Wildman–Crippen MR) is 86.4 cm³/mol. The van der Waals surface area contributed by atoms with Gasteiger partial charge in [0, 0.05) is 14.6 Å². The number of benzene rings is 2. The molecule has 0 fully saturated rings. The Hall–Kier alpha value is -0.910. The zero-order chi connectivity index (χ0) is 14.7. The van der Waals surface area contributed by atoms with Gasteiger partial charge in [-0.1, -0.05) is 6.07 Å². The van der Waals surface area contributed by atoms with Gasteiger partial charge in [0.15, 0.2) is 0 Å². The fourth-order valence-corrected chi connectivity index (χ4v) is 2.63. The van der Waals surface area contributed by atoms with Crippen molar-refractivity contribution in [2.75, 3.05) is 11.9 Å². The Morgan fingerprint density at radius 2 is 1.90 bits per heavy atom. The number of hydrogen-bond acceptors (Lipinski definition) is 2. The van der Waals surface area contributed by atoms with Crippen LogP contribution in [0.5, 0.6) is 0 Å². The molecule has 0 bridgehead atoms. The normalized spacial score (nSPS) is 12.2. The SMILES string of the molecule is Cc1cc(F)cc(NC(CO)c2ccc(Br)c(Br)c2)c1. The Kier molecular flexibility index (Phi) is 5.18. The van der Waals surface area contributed by atoms with E-state index in [2.05, 4.69) is 37.2 Å². The maximum Gasteiger partial charge on any atom is 0.125 e. The number of aryl methyl sites for hydroxylation is 1. The maximum atomic E-state index is 13.4. The largest absolute Gasteiger partial charge is 0.394 e. The summed E-state index contributed by atoms with van der Waals surface area (Å²) in [5.74, 6) is -0.291. The fraction of sp³-hybridized carbons (Fsp3) is 0.200. The van der Waals surface area contributed by atoms with Crippen LogP contribution in [0.1, 0.15) is 17.2 Å². The third-order valence-corrected chi connectivity index (χ3v) is 4.79. The molecule has 2 nitrogen and oxygen atoms in total. The van der Waals surface area contributed by atoms with Crippen LogP contribution in [-0.4, -0.2) is 11.7 Å². The Balaban J connectivity index is 2.26. The number of aliphatic hydroxyl groups excluding tert-OH is 1. The molecule has 106 valence electrons. The first kappa shape index (κ1) is 15.5. The van der Waals surface area contributed by atoms with Crippen molar-refractivity contribution in [2.24, 2.45) is 0 Å². The Morgan fingerprint density at radius 3 is 2.50 bits per heavy atom. The average Bonchev–Trinajstić information content (AvgIpc) is 2.38. The van der Waals surface area contributed by atoms with E-state index in [4.69, 9.17) is 0 Å². The van der Waals surface area contributed by atoms with Crippen LogP contribution in [0.2, 0.25) is 0 Å². The first-order valence-corrected chi connectivity index (χ1v) is 7.67. The third-order valence-electron chi connectivity index (χ3n) is 2.91. The predicted octanol–water partition coefficient (Wildman–Crippen LogP) is 4.80. The lowest BCUT2D eigenvalue weighted by atomic mass is 10.1. The molecule has 0 amide bonds. The van der Waals surface area contributed by atoms with E-state index in [-0.39, 0.29) is 18.5 Å². The van der Waals surface area contributed by atoms with Gasteiger partial charge in [-0.2, -0.15) is 0 Å². The van der Waals surface area contributed by atoms with Crippen molar-refractivity contribution in [2.45, 2.75) is 13.0 Å². The van der Waals surface area contributed by atoms with Gasteiger partial charge in [-0.15, -0.1) is 0 Å². The quantitative estimate of drug-likeness (QED) is 0.769. The molecule has 0 spiro atoms. The summed E-state index contributed by atoms with van der Waals surface area (Å²) in [6.45, 7) is 1.75. The first-order valence-electron chi connectivity index (χ1n) is 6.09. The van der Waals surface area contributed by atoms with Crippen molar-refractivity contribution in [3.63, 3.8) is 0 Å². The van der Waals surface area contributed by atoms with Crippen molar-refractivity contribution >= 4 is 37.5 Å². The monoisotopic (exact) mass is 401 g/mol. The number of hydrogen-bond donors (Lipinski definition) is 2. The Labute approximate surface area is 134 Å². The fourth-order valence-electron chi connectivity index (χ4n) is 1.98. The molecule has 2 aromatic carbocycles. The summed E-state index contributed by atoms with van der Waals surface area (Å²) in [5.41, 5.74) is 2.41. The van der Waals surface area contributed by atoms with E-state index >= 15 is 0 Å². The van der Waals surface area contributed by atoms with E-state index in [1.54, 1.807) is 0 Å². The molecule has 0 aromatic heterocycles. The molecule has 0 saturated heterocycles. The van der Waals surface area contributed by atoms with Crippen LogP contribution in [0.25, 0.3) is 0 Å². The van der Waals surface area contributed by atoms with Crippen LogP contribution in [0.15, 0.2) is 45.3 Å². The van der Waals surface area contributed by atoms with Gasteiger partial charge in [0.05, 0.1) is 12.6 Å². The highest BCUT2D eigenvalue weighted by Crippen LogP contribution is 2.28. The van der Waals surface area contributed by atoms with Gasteiger partial charge in [0.25, 0.3) is 0 Å². The minimum absolute atomic E-state index is 0.0797. The Morgan fingerprint density at radius 1 is 1.15 bits per heavy atom. The van der Waals surface area contributed by atoms with Crippen LogP contribution < -0.4 is 5.32 Å². The molecule has 0 saturated carbocycles. The van der Waals surface area contributed by atoms with Crippen molar-refractivity contribution in [1.29, 1.82) is 0 Å². The average molecular weight is 403 g/mol. The maximum absolute atomic E-state index is 13.4. The molecule has 0 aliphatic heterocycles. The van der Waals surface area contributed by atoms with Gasteiger partial charge in [-0.05, 0) is 80.2 Å². The molecule has 0 heterocycles. The number of aliphatic hydroxyl groups is 1. The highest BCUT2D eigenvalue weighted by Gasteiger charge is 2.12. The summed E-state index contributed by atoms with van der Waals surface area (Å²) >= 11 is 6.84. The molecule has 2 aromatic rings. The molecular formula is C15H14Br2FNO. The van der Waals surface area contributed by atoms with Crippen LogP contribution in [0, 0.1) is 12.7 Å². The van der Waals surface area contributed by atoms with Gasteiger partial charge in [-0.3, -0.25) is 0 Å². The van der Waals surface area contributed by atoms with E-state index in [0.29, 0.717) is 5.69 Å². The molecular weight excluding hydrogens is 389 g/mol. The molecule has 2 rings (SSSR count). The number of anilines is 1. The van der Waals surface area contributed by atoms with Crippen LogP contribution in [0.4, 0.5) is 10.1 Å². The lowest BCUT2D eigenvalue weighted by Crippen LogP contribution is -2.15. The van der Waals surface area contributed by atoms with Gasteiger partial charge in [-0.25, -0.2) is 4.39 Å². The lowest BCUT2D eigenvalue weighted by molar-refractivity contribution is 0.276. The second kappa shape index (κ2) is 6.70. The molecule has 0 radical (unpaired) electrons. The second-order valence-electron chi connectivity index (χ2n) is 4.57. The van der Waals surface area contributed by atoms with Crippen LogP contribution >= 0.6 is 31.9 Å². The highest BCUT2D eigenvalue weighted by molar-refractivity contribution is 9.13. The number of rotatable bonds is 4. The topological polar surface area (TPSA) is 32.3 Å². The number of nitrogens with one attached hydrogen (secondary N) is 1. The van der Waals surface area contributed by atoms with Gasteiger partial charge in [0.1, 0.15) is 5.82 Å². The molecule has 0 aliphatic carbocycles. The van der Waals surface area contributed by atoms with Crippen molar-refractivity contribution in [1.82, 2.24) is 0 Å². The Bertz CT molecular complexity index is 599. The summed E-state index contributed by atoms with van der Waals surface area (Å²) in [6.07, 6.45) is 0. The second-order valence-corrected chi connectivity index (χ2v) is 6.28. The van der Waals surface area contributed by atoms with Gasteiger partial charge in [0.2, 0.25) is 0 Å². The lowest BCUT2D eigenvalue weighted by Gasteiger charge is -2.19. The minimum atomic E-state index is -0.291. The summed E-state index contributed by atoms with van der Waals surface area (Å²) < 4.78 is 15.2. The summed E-state index contributed by atoms with van der Waals surface area (Å²) in [6, 6.07) is 10.2. The smallest absolute Gasteiger partial charge is 0.125 e. The summed E-state index contributed by atoms with van der Waals surface area (Å²) in [4.78, 5) is 0. The molecule has 2 N–H and O–H groups in total. The zero-order valence-corrected chi connectivity index (χ0v) is 14.0. The number of halogens is 3. The van der Waals surface area contributed by atoms with Gasteiger partial charge < -0.3 is 10.4 Å². The standard InChI is InChI=1S/C15H14Br2FNO/c1-9-4-11(18)7-12(5-9)19-15(8-20)10-2-3-13(16)14(17)6-10/h2-7,15,19-20H,8H2,1H3. The van der Waals surface area contributed by atoms with Crippen molar-refractivity contribution in [3.05, 3.63) is 62.3 Å². The molecule has 1 unspecified atom stereocenters. The van der Waals surface area contributed by atoms with Gasteiger partial charge >= 0.3 is 0 Å².